The standard InChI is InChI=1S/C25H30N6O/c1-18-9-12-30(3)25(18)29-24(26-2)20-8-11-27-23(14-20)28-15-22(32)17-31-13-10-19-6-4-5-7-21(19)16-31/h4-9,11-12,14,22,32H,2,10,13,15-17H2,1,3H3,(H,27,28). The van der Waals surface area contributed by atoms with Gasteiger partial charge >= 0.3 is 0 Å². The molecule has 0 bridgehead atoms. The highest BCUT2D eigenvalue weighted by Crippen LogP contribution is 2.21. The second kappa shape index (κ2) is 9.89. The van der Waals surface area contributed by atoms with Gasteiger partial charge in [0.15, 0.2) is 5.84 Å². The molecule has 0 fully saturated rings. The first-order valence-corrected chi connectivity index (χ1v) is 10.9. The van der Waals surface area contributed by atoms with Crippen molar-refractivity contribution in [1.29, 1.82) is 0 Å². The highest BCUT2D eigenvalue weighted by molar-refractivity contribution is 6.03. The van der Waals surface area contributed by atoms with E-state index in [1.54, 1.807) is 6.20 Å². The number of amidine groups is 1. The fourth-order valence-electron chi connectivity index (χ4n) is 4.07. The van der Waals surface area contributed by atoms with E-state index in [2.05, 4.69) is 56.2 Å². The van der Waals surface area contributed by atoms with Gasteiger partial charge in [-0.2, -0.15) is 0 Å². The number of aromatic nitrogens is 2. The van der Waals surface area contributed by atoms with Crippen LogP contribution in [0.25, 0.3) is 0 Å². The van der Waals surface area contributed by atoms with E-state index >= 15 is 0 Å². The molecule has 0 saturated heterocycles. The Morgan fingerprint density at radius 3 is 2.81 bits per heavy atom. The van der Waals surface area contributed by atoms with Crippen LogP contribution in [0.15, 0.2) is 64.8 Å². The van der Waals surface area contributed by atoms with Crippen molar-refractivity contribution >= 4 is 24.2 Å². The lowest BCUT2D eigenvalue weighted by Crippen LogP contribution is -2.39. The summed E-state index contributed by atoms with van der Waals surface area (Å²) in [6, 6.07) is 14.3. The van der Waals surface area contributed by atoms with Gasteiger partial charge in [0.2, 0.25) is 0 Å². The number of β-amino-alcohol motifs (C(OH)–C–C–N with tert-alkyl or cyclic N) is 1. The summed E-state index contributed by atoms with van der Waals surface area (Å²) < 4.78 is 1.95. The molecule has 1 aromatic carbocycles. The molecule has 1 aliphatic heterocycles. The quantitative estimate of drug-likeness (QED) is 0.445. The molecule has 166 valence electrons. The van der Waals surface area contributed by atoms with Crippen molar-refractivity contribution in [3.63, 3.8) is 0 Å². The van der Waals surface area contributed by atoms with Crippen LogP contribution in [0, 0.1) is 6.92 Å². The highest BCUT2D eigenvalue weighted by atomic mass is 16.3. The van der Waals surface area contributed by atoms with Crippen molar-refractivity contribution in [2.45, 2.75) is 26.0 Å². The van der Waals surface area contributed by atoms with E-state index in [4.69, 9.17) is 0 Å². The van der Waals surface area contributed by atoms with Crippen LogP contribution >= 0.6 is 0 Å². The summed E-state index contributed by atoms with van der Waals surface area (Å²) in [5.74, 6) is 2.05. The van der Waals surface area contributed by atoms with Crippen molar-refractivity contribution < 1.29 is 5.11 Å². The zero-order valence-electron chi connectivity index (χ0n) is 18.7. The van der Waals surface area contributed by atoms with Crippen LogP contribution in [0.4, 0.5) is 11.6 Å². The molecule has 0 radical (unpaired) electrons. The third-order valence-corrected chi connectivity index (χ3v) is 5.81. The van der Waals surface area contributed by atoms with Crippen molar-refractivity contribution in [2.24, 2.45) is 17.0 Å². The van der Waals surface area contributed by atoms with Crippen LogP contribution in [0.1, 0.15) is 22.3 Å². The lowest BCUT2D eigenvalue weighted by atomic mass is 10.00. The fraction of sp³-hybridized carbons (Fsp3) is 0.320. The molecule has 3 aromatic rings. The maximum atomic E-state index is 10.6. The predicted molar refractivity (Wildman–Crippen MR) is 130 cm³/mol. The molecule has 0 spiro atoms. The summed E-state index contributed by atoms with van der Waals surface area (Å²) in [6.07, 6.45) is 4.21. The second-order valence-corrected chi connectivity index (χ2v) is 8.25. The maximum absolute atomic E-state index is 10.6. The first-order chi connectivity index (χ1) is 15.5. The van der Waals surface area contributed by atoms with E-state index in [0.717, 1.165) is 36.5 Å². The van der Waals surface area contributed by atoms with Gasteiger partial charge in [0.1, 0.15) is 11.6 Å². The molecule has 2 N–H and O–H groups in total. The van der Waals surface area contributed by atoms with E-state index in [1.807, 2.05) is 42.9 Å². The molecule has 7 nitrogen and oxygen atoms in total. The van der Waals surface area contributed by atoms with Crippen LogP contribution in [-0.2, 0) is 20.0 Å². The Balaban J connectivity index is 1.37. The molecule has 3 heterocycles. The summed E-state index contributed by atoms with van der Waals surface area (Å²) in [5.41, 5.74) is 4.66. The summed E-state index contributed by atoms with van der Waals surface area (Å²) in [7, 11) is 1.95. The average Bonchev–Trinajstić information content (AvgIpc) is 3.13. The molecule has 1 aliphatic rings. The third kappa shape index (κ3) is 5.12. The molecule has 1 unspecified atom stereocenters. The summed E-state index contributed by atoms with van der Waals surface area (Å²) >= 11 is 0. The monoisotopic (exact) mass is 430 g/mol. The van der Waals surface area contributed by atoms with E-state index in [-0.39, 0.29) is 0 Å². The number of nitrogens with one attached hydrogen (secondary N) is 1. The van der Waals surface area contributed by atoms with Crippen molar-refractivity contribution in [3.8, 4) is 0 Å². The first kappa shape index (κ1) is 21.9. The van der Waals surface area contributed by atoms with Gasteiger partial charge in [0.05, 0.1) is 6.10 Å². The largest absolute Gasteiger partial charge is 0.390 e. The molecule has 0 aliphatic carbocycles. The van der Waals surface area contributed by atoms with Gasteiger partial charge in [0.25, 0.3) is 0 Å². The minimum Gasteiger partial charge on any atom is -0.390 e. The number of benzene rings is 1. The number of hydrogen-bond acceptors (Lipinski definition) is 5. The number of aliphatic hydroxyl groups excluding tert-OH is 1. The lowest BCUT2D eigenvalue weighted by molar-refractivity contribution is 0.114. The Morgan fingerprint density at radius 2 is 2.06 bits per heavy atom. The van der Waals surface area contributed by atoms with Gasteiger partial charge in [0, 0.05) is 51.2 Å². The van der Waals surface area contributed by atoms with Gasteiger partial charge in [-0.25, -0.2) is 15.0 Å². The molecule has 32 heavy (non-hydrogen) atoms. The Kier molecular flexibility index (Phi) is 6.78. The van der Waals surface area contributed by atoms with Crippen molar-refractivity contribution in [3.05, 3.63) is 77.1 Å². The summed E-state index contributed by atoms with van der Waals surface area (Å²) in [5, 5.41) is 13.8. The van der Waals surface area contributed by atoms with Crippen LogP contribution in [0.2, 0.25) is 0 Å². The Bertz CT molecular complexity index is 1100. The average molecular weight is 431 g/mol. The first-order valence-electron chi connectivity index (χ1n) is 10.9. The molecule has 0 saturated carbocycles. The van der Waals surface area contributed by atoms with Crippen LogP contribution in [0.3, 0.4) is 0 Å². The highest BCUT2D eigenvalue weighted by Gasteiger charge is 2.18. The van der Waals surface area contributed by atoms with E-state index in [0.29, 0.717) is 24.7 Å². The number of anilines is 1. The van der Waals surface area contributed by atoms with Gasteiger partial charge in [-0.05, 0) is 55.0 Å². The van der Waals surface area contributed by atoms with E-state index in [9.17, 15) is 5.11 Å². The van der Waals surface area contributed by atoms with Gasteiger partial charge in [-0.1, -0.05) is 24.3 Å². The topological polar surface area (TPSA) is 78.0 Å². The number of fused-ring (bicyclic) bond motifs is 1. The van der Waals surface area contributed by atoms with Crippen LogP contribution < -0.4 is 5.32 Å². The van der Waals surface area contributed by atoms with E-state index in [1.165, 1.54) is 11.1 Å². The zero-order chi connectivity index (χ0) is 22.5. The number of aryl methyl sites for hydroxylation is 2. The Labute approximate surface area is 189 Å². The number of rotatable bonds is 7. The minimum absolute atomic E-state index is 0.416. The normalized spacial score (nSPS) is 15.3. The Hall–Kier alpha value is -3.29. The molecular weight excluding hydrogens is 400 g/mol. The van der Waals surface area contributed by atoms with Gasteiger partial charge in [-0.3, -0.25) is 4.90 Å². The molecular formula is C25H30N6O. The summed E-state index contributed by atoms with van der Waals surface area (Å²) in [4.78, 5) is 15.5. The number of aliphatic hydroxyl groups is 1. The number of pyridine rings is 1. The molecule has 2 aromatic heterocycles. The smallest absolute Gasteiger partial charge is 0.161 e. The number of aliphatic imine (C=N–C) groups is 2. The zero-order valence-corrected chi connectivity index (χ0v) is 18.7. The molecule has 0 amide bonds. The lowest BCUT2D eigenvalue weighted by Gasteiger charge is -2.30. The van der Waals surface area contributed by atoms with Gasteiger partial charge in [-0.15, -0.1) is 0 Å². The molecule has 7 heteroatoms. The Morgan fingerprint density at radius 1 is 1.25 bits per heavy atom. The second-order valence-electron chi connectivity index (χ2n) is 8.25. The molecule has 4 rings (SSSR count). The summed E-state index contributed by atoms with van der Waals surface area (Å²) in [6.45, 7) is 8.58. The van der Waals surface area contributed by atoms with Crippen LogP contribution in [0.5, 0.6) is 0 Å². The fourth-order valence-corrected chi connectivity index (χ4v) is 4.07. The third-order valence-electron chi connectivity index (χ3n) is 5.81. The van der Waals surface area contributed by atoms with Crippen molar-refractivity contribution in [2.75, 3.05) is 25.0 Å². The SMILES string of the molecule is C=NC(=Nc1c(C)ccn1C)c1ccnc(NCC(O)CN2CCc3ccccc3C2)c1. The maximum Gasteiger partial charge on any atom is 0.161 e. The predicted octanol–water partition coefficient (Wildman–Crippen LogP) is 3.34. The molecule has 1 atom stereocenters. The van der Waals surface area contributed by atoms with Gasteiger partial charge < -0.3 is 15.0 Å². The van der Waals surface area contributed by atoms with E-state index < -0.39 is 6.10 Å². The minimum atomic E-state index is -0.498. The number of nitrogens with zero attached hydrogens (tertiary/aromatic N) is 5. The number of hydrogen-bond donors (Lipinski definition) is 2. The van der Waals surface area contributed by atoms with Crippen LogP contribution in [-0.4, -0.2) is 57.8 Å². The van der Waals surface area contributed by atoms with Crippen molar-refractivity contribution in [1.82, 2.24) is 14.5 Å².